The van der Waals surface area contributed by atoms with E-state index in [-0.39, 0.29) is 24.9 Å². The van der Waals surface area contributed by atoms with Gasteiger partial charge in [0.2, 0.25) is 5.91 Å². The molecule has 1 amide bonds. The van der Waals surface area contributed by atoms with E-state index in [0.717, 1.165) is 18.4 Å². The van der Waals surface area contributed by atoms with Gasteiger partial charge >= 0.3 is 6.18 Å². The first-order valence-electron chi connectivity index (χ1n) is 7.58. The van der Waals surface area contributed by atoms with Gasteiger partial charge in [0, 0.05) is 6.54 Å². The maximum atomic E-state index is 12.1. The summed E-state index contributed by atoms with van der Waals surface area (Å²) in [6, 6.07) is 6.88. The van der Waals surface area contributed by atoms with Crippen LogP contribution >= 0.6 is 12.4 Å². The van der Waals surface area contributed by atoms with Gasteiger partial charge in [-0.3, -0.25) is 4.79 Å². The second-order valence-corrected chi connectivity index (χ2v) is 5.97. The molecule has 0 atom stereocenters. The molecule has 0 radical (unpaired) electrons. The van der Waals surface area contributed by atoms with Crippen LogP contribution in [-0.4, -0.2) is 24.2 Å². The third-order valence-corrected chi connectivity index (χ3v) is 3.96. The van der Waals surface area contributed by atoms with Crippen LogP contribution in [0.3, 0.4) is 0 Å². The lowest BCUT2D eigenvalue weighted by Gasteiger charge is -2.22. The summed E-state index contributed by atoms with van der Waals surface area (Å²) in [5, 5.41) is 2.82. The van der Waals surface area contributed by atoms with Gasteiger partial charge < -0.3 is 15.8 Å². The van der Waals surface area contributed by atoms with E-state index in [4.69, 9.17) is 5.73 Å². The molecular weight excluding hydrogens is 345 g/mol. The predicted molar refractivity (Wildman–Crippen MR) is 86.6 cm³/mol. The standard InChI is InChI=1S/C16H21F3N2O2.ClH/c17-16(18,19)11-23-10-13-5-3-12(4-6-13)9-21-14(22)15(20)7-1-2-8-15;/h3-6H,1-2,7-11,20H2,(H,21,22);1H. The molecule has 0 bridgehead atoms. The Kier molecular flexibility index (Phi) is 7.51. The lowest BCUT2D eigenvalue weighted by atomic mass is 9.98. The van der Waals surface area contributed by atoms with Gasteiger partial charge in [-0.2, -0.15) is 13.2 Å². The molecule has 1 aromatic rings. The summed E-state index contributed by atoms with van der Waals surface area (Å²) in [7, 11) is 0. The van der Waals surface area contributed by atoms with Gasteiger partial charge in [-0.1, -0.05) is 37.1 Å². The maximum Gasteiger partial charge on any atom is 0.411 e. The number of rotatable bonds is 6. The lowest BCUT2D eigenvalue weighted by molar-refractivity contribution is -0.176. The van der Waals surface area contributed by atoms with E-state index in [1.165, 1.54) is 0 Å². The minimum absolute atomic E-state index is 0. The number of halogens is 4. The van der Waals surface area contributed by atoms with Crippen LogP contribution in [0.1, 0.15) is 36.8 Å². The molecular formula is C16H22ClF3N2O2. The van der Waals surface area contributed by atoms with E-state index in [1.54, 1.807) is 24.3 Å². The Labute approximate surface area is 145 Å². The fourth-order valence-corrected chi connectivity index (χ4v) is 2.63. The highest BCUT2D eigenvalue weighted by Gasteiger charge is 2.36. The van der Waals surface area contributed by atoms with E-state index in [9.17, 15) is 18.0 Å². The minimum atomic E-state index is -4.32. The molecule has 0 saturated heterocycles. The third kappa shape index (κ3) is 6.30. The van der Waals surface area contributed by atoms with E-state index in [0.29, 0.717) is 24.9 Å². The molecule has 0 unspecified atom stereocenters. The highest BCUT2D eigenvalue weighted by Crippen LogP contribution is 2.27. The van der Waals surface area contributed by atoms with Crippen LogP contribution in [0.15, 0.2) is 24.3 Å². The van der Waals surface area contributed by atoms with Crippen molar-refractivity contribution < 1.29 is 22.7 Å². The van der Waals surface area contributed by atoms with Gasteiger partial charge in [0.25, 0.3) is 0 Å². The van der Waals surface area contributed by atoms with Crippen molar-refractivity contribution in [1.82, 2.24) is 5.32 Å². The normalized spacial score (nSPS) is 16.5. The van der Waals surface area contributed by atoms with Crippen LogP contribution in [0.2, 0.25) is 0 Å². The lowest BCUT2D eigenvalue weighted by Crippen LogP contribution is -2.51. The van der Waals surface area contributed by atoms with Gasteiger partial charge in [0.05, 0.1) is 12.1 Å². The molecule has 3 N–H and O–H groups in total. The van der Waals surface area contributed by atoms with Crippen molar-refractivity contribution in [2.45, 2.75) is 50.6 Å². The van der Waals surface area contributed by atoms with Crippen LogP contribution in [0.25, 0.3) is 0 Å². The molecule has 136 valence electrons. The Morgan fingerprint density at radius 1 is 1.17 bits per heavy atom. The van der Waals surface area contributed by atoms with Gasteiger partial charge in [-0.05, 0) is 24.0 Å². The van der Waals surface area contributed by atoms with Gasteiger partial charge in [-0.25, -0.2) is 0 Å². The summed E-state index contributed by atoms with van der Waals surface area (Å²) in [6.07, 6.45) is -0.974. The summed E-state index contributed by atoms with van der Waals surface area (Å²) in [5.74, 6) is -0.146. The number of alkyl halides is 3. The largest absolute Gasteiger partial charge is 0.411 e. The quantitative estimate of drug-likeness (QED) is 0.813. The Hall–Kier alpha value is -1.31. The fourth-order valence-electron chi connectivity index (χ4n) is 2.63. The van der Waals surface area contributed by atoms with Crippen molar-refractivity contribution in [3.63, 3.8) is 0 Å². The first kappa shape index (κ1) is 20.7. The van der Waals surface area contributed by atoms with Gasteiger partial charge in [-0.15, -0.1) is 12.4 Å². The molecule has 1 aliphatic carbocycles. The van der Waals surface area contributed by atoms with Gasteiger partial charge in [0.1, 0.15) is 6.61 Å². The Morgan fingerprint density at radius 2 is 1.71 bits per heavy atom. The zero-order chi connectivity index (χ0) is 16.9. The molecule has 0 heterocycles. The SMILES string of the molecule is Cl.NC1(C(=O)NCc2ccc(COCC(F)(F)F)cc2)CCCC1. The molecule has 8 heteroatoms. The highest BCUT2D eigenvalue weighted by molar-refractivity contribution is 5.86. The second kappa shape index (κ2) is 8.69. The van der Waals surface area contributed by atoms with Crippen molar-refractivity contribution in [3.8, 4) is 0 Å². The zero-order valence-corrected chi connectivity index (χ0v) is 14.0. The number of carbonyl (C=O) groups excluding carboxylic acids is 1. The predicted octanol–water partition coefficient (Wildman–Crippen LogP) is 3.08. The topological polar surface area (TPSA) is 64.4 Å². The van der Waals surface area contributed by atoms with E-state index in [1.807, 2.05) is 0 Å². The van der Waals surface area contributed by atoms with E-state index < -0.39 is 18.3 Å². The Morgan fingerprint density at radius 3 is 2.25 bits per heavy atom. The van der Waals surface area contributed by atoms with Crippen LogP contribution < -0.4 is 11.1 Å². The summed E-state index contributed by atoms with van der Waals surface area (Å²) < 4.78 is 40.5. The van der Waals surface area contributed by atoms with Gasteiger partial charge in [0.15, 0.2) is 0 Å². The number of carbonyl (C=O) groups is 1. The number of hydrogen-bond donors (Lipinski definition) is 2. The smallest absolute Gasteiger partial charge is 0.367 e. The molecule has 1 aliphatic rings. The average Bonchev–Trinajstić information content (AvgIpc) is 2.93. The van der Waals surface area contributed by atoms with Crippen LogP contribution in [0.4, 0.5) is 13.2 Å². The first-order valence-corrected chi connectivity index (χ1v) is 7.58. The summed E-state index contributed by atoms with van der Waals surface area (Å²) >= 11 is 0. The van der Waals surface area contributed by atoms with Crippen LogP contribution in [0, 0.1) is 0 Å². The molecule has 24 heavy (non-hydrogen) atoms. The van der Waals surface area contributed by atoms with Crippen molar-refractivity contribution in [1.29, 1.82) is 0 Å². The molecule has 4 nitrogen and oxygen atoms in total. The van der Waals surface area contributed by atoms with Crippen LogP contribution in [0.5, 0.6) is 0 Å². The van der Waals surface area contributed by atoms with Crippen molar-refractivity contribution in [2.75, 3.05) is 6.61 Å². The Balaban J connectivity index is 0.00000288. The first-order chi connectivity index (χ1) is 10.8. The number of nitrogens with one attached hydrogen (secondary N) is 1. The molecule has 0 aromatic heterocycles. The molecule has 1 fully saturated rings. The van der Waals surface area contributed by atoms with Crippen molar-refractivity contribution in [2.24, 2.45) is 5.73 Å². The summed E-state index contributed by atoms with van der Waals surface area (Å²) in [4.78, 5) is 12.1. The second-order valence-electron chi connectivity index (χ2n) is 5.97. The van der Waals surface area contributed by atoms with E-state index in [2.05, 4.69) is 10.1 Å². The fraction of sp³-hybridized carbons (Fsp3) is 0.562. The molecule has 2 rings (SSSR count). The average molecular weight is 367 g/mol. The maximum absolute atomic E-state index is 12.1. The molecule has 1 saturated carbocycles. The third-order valence-electron chi connectivity index (χ3n) is 3.96. The summed E-state index contributed by atoms with van der Waals surface area (Å²) in [6.45, 7) is -1.01. The van der Waals surface area contributed by atoms with Crippen LogP contribution in [-0.2, 0) is 22.7 Å². The molecule has 0 aliphatic heterocycles. The molecule has 0 spiro atoms. The zero-order valence-electron chi connectivity index (χ0n) is 13.2. The number of ether oxygens (including phenoxy) is 1. The van der Waals surface area contributed by atoms with Crippen molar-refractivity contribution >= 4 is 18.3 Å². The number of amides is 1. The number of nitrogens with two attached hydrogens (primary N) is 1. The highest BCUT2D eigenvalue weighted by atomic mass is 35.5. The van der Waals surface area contributed by atoms with E-state index >= 15 is 0 Å². The molecule has 1 aromatic carbocycles. The number of hydrogen-bond acceptors (Lipinski definition) is 3. The summed E-state index contributed by atoms with van der Waals surface area (Å²) in [5.41, 5.74) is 6.81. The monoisotopic (exact) mass is 366 g/mol. The number of benzene rings is 1. The minimum Gasteiger partial charge on any atom is -0.367 e. The Bertz CT molecular complexity index is 529. The van der Waals surface area contributed by atoms with Crippen molar-refractivity contribution in [3.05, 3.63) is 35.4 Å².